The molecule has 1 aliphatic rings. The van der Waals surface area contributed by atoms with Crippen molar-refractivity contribution in [3.05, 3.63) is 65.2 Å². The molecule has 0 bridgehead atoms. The number of rotatable bonds is 8. The molecule has 0 atom stereocenters. The zero-order chi connectivity index (χ0) is 20.7. The zero-order valence-electron chi connectivity index (χ0n) is 16.3. The predicted octanol–water partition coefficient (Wildman–Crippen LogP) is 3.78. The molecular formula is C22H27ClN2O3S. The van der Waals surface area contributed by atoms with Gasteiger partial charge in [-0.1, -0.05) is 41.9 Å². The minimum absolute atomic E-state index is 0.0231. The molecule has 1 fully saturated rings. The monoisotopic (exact) mass is 434 g/mol. The third-order valence-electron chi connectivity index (χ3n) is 5.46. The lowest BCUT2D eigenvalue weighted by molar-refractivity contribution is -0.126. The van der Waals surface area contributed by atoms with E-state index in [0.717, 1.165) is 32.1 Å². The molecule has 0 unspecified atom stereocenters. The highest BCUT2D eigenvalue weighted by molar-refractivity contribution is 7.89. The molecule has 5 nitrogen and oxygen atoms in total. The molecule has 1 amide bonds. The van der Waals surface area contributed by atoms with Gasteiger partial charge < -0.3 is 5.32 Å². The summed E-state index contributed by atoms with van der Waals surface area (Å²) in [6.45, 7) is 1.04. The molecule has 0 radical (unpaired) electrons. The van der Waals surface area contributed by atoms with Crippen molar-refractivity contribution in [3.63, 3.8) is 0 Å². The van der Waals surface area contributed by atoms with Crippen molar-refractivity contribution in [1.82, 2.24) is 10.0 Å². The van der Waals surface area contributed by atoms with Crippen molar-refractivity contribution < 1.29 is 13.2 Å². The topological polar surface area (TPSA) is 75.3 Å². The van der Waals surface area contributed by atoms with E-state index >= 15 is 0 Å². The lowest BCUT2D eigenvalue weighted by Crippen LogP contribution is -2.36. The standard InChI is InChI=1S/C22H27ClN2O3S/c23-20-10-12-21(13-11-20)29(27,28)25-16-18-6-8-19(9-7-18)22(26)24-15-14-17-4-2-1-3-5-17/h1-5,10-13,18-19,25H,6-9,14-16H2,(H,24,26). The maximum Gasteiger partial charge on any atom is 0.240 e. The van der Waals surface area contributed by atoms with Crippen LogP contribution in [0.4, 0.5) is 0 Å². The van der Waals surface area contributed by atoms with Crippen LogP contribution in [0.15, 0.2) is 59.5 Å². The Labute approximate surface area is 177 Å². The van der Waals surface area contributed by atoms with Crippen LogP contribution in [0.3, 0.4) is 0 Å². The summed E-state index contributed by atoms with van der Waals surface area (Å²) >= 11 is 5.81. The Morgan fingerprint density at radius 3 is 2.28 bits per heavy atom. The summed E-state index contributed by atoms with van der Waals surface area (Å²) in [4.78, 5) is 12.6. The van der Waals surface area contributed by atoms with E-state index in [-0.39, 0.29) is 22.6 Å². The van der Waals surface area contributed by atoms with Gasteiger partial charge in [0.2, 0.25) is 15.9 Å². The van der Waals surface area contributed by atoms with E-state index in [4.69, 9.17) is 11.6 Å². The molecular weight excluding hydrogens is 408 g/mol. The Balaban J connectivity index is 1.38. The average molecular weight is 435 g/mol. The molecule has 0 spiro atoms. The van der Waals surface area contributed by atoms with Gasteiger partial charge in [-0.2, -0.15) is 0 Å². The second-order valence-electron chi connectivity index (χ2n) is 7.55. The summed E-state index contributed by atoms with van der Waals surface area (Å²) in [7, 11) is -3.53. The van der Waals surface area contributed by atoms with Crippen molar-refractivity contribution in [2.24, 2.45) is 11.8 Å². The van der Waals surface area contributed by atoms with E-state index in [0.29, 0.717) is 18.1 Å². The SMILES string of the molecule is O=C(NCCc1ccccc1)C1CCC(CNS(=O)(=O)c2ccc(Cl)cc2)CC1. The van der Waals surface area contributed by atoms with Crippen molar-refractivity contribution in [2.45, 2.75) is 37.0 Å². The minimum Gasteiger partial charge on any atom is -0.356 e. The lowest BCUT2D eigenvalue weighted by atomic mass is 9.81. The number of benzene rings is 2. The fraction of sp³-hybridized carbons (Fsp3) is 0.409. The molecule has 1 saturated carbocycles. The summed E-state index contributed by atoms with van der Waals surface area (Å²) in [5.41, 5.74) is 1.21. The van der Waals surface area contributed by atoms with Crippen molar-refractivity contribution >= 4 is 27.5 Å². The number of hydrogen-bond donors (Lipinski definition) is 2. The van der Waals surface area contributed by atoms with Gasteiger partial charge >= 0.3 is 0 Å². The molecule has 0 aromatic heterocycles. The Morgan fingerprint density at radius 1 is 0.966 bits per heavy atom. The Hall–Kier alpha value is -1.89. The molecule has 156 valence electrons. The fourth-order valence-electron chi connectivity index (χ4n) is 3.67. The molecule has 2 N–H and O–H groups in total. The molecule has 2 aromatic rings. The van der Waals surface area contributed by atoms with Crippen LogP contribution in [0.1, 0.15) is 31.2 Å². The average Bonchev–Trinajstić information content (AvgIpc) is 2.74. The van der Waals surface area contributed by atoms with Gasteiger partial charge in [0.25, 0.3) is 0 Å². The first-order valence-electron chi connectivity index (χ1n) is 10.0. The van der Waals surface area contributed by atoms with Gasteiger partial charge in [-0.25, -0.2) is 13.1 Å². The molecule has 29 heavy (non-hydrogen) atoms. The summed E-state index contributed by atoms with van der Waals surface area (Å²) in [5, 5.41) is 3.54. The zero-order valence-corrected chi connectivity index (χ0v) is 17.9. The highest BCUT2D eigenvalue weighted by Gasteiger charge is 2.27. The molecule has 0 saturated heterocycles. The molecule has 0 aliphatic heterocycles. The number of hydrogen-bond acceptors (Lipinski definition) is 3. The van der Waals surface area contributed by atoms with Crippen LogP contribution in [0.25, 0.3) is 0 Å². The van der Waals surface area contributed by atoms with Crippen LogP contribution in [0.5, 0.6) is 0 Å². The van der Waals surface area contributed by atoms with Crippen molar-refractivity contribution in [2.75, 3.05) is 13.1 Å². The molecule has 1 aliphatic carbocycles. The Kier molecular flexibility index (Phi) is 7.70. The third-order valence-corrected chi connectivity index (χ3v) is 7.15. The van der Waals surface area contributed by atoms with E-state index in [1.165, 1.54) is 17.7 Å². The maximum absolute atomic E-state index is 12.4. The van der Waals surface area contributed by atoms with Crippen LogP contribution in [-0.4, -0.2) is 27.4 Å². The highest BCUT2D eigenvalue weighted by atomic mass is 35.5. The number of sulfonamides is 1. The van der Waals surface area contributed by atoms with Gasteiger partial charge in [0.1, 0.15) is 0 Å². The molecule has 7 heteroatoms. The van der Waals surface area contributed by atoms with Crippen LogP contribution in [0, 0.1) is 11.8 Å². The van der Waals surface area contributed by atoms with E-state index in [1.807, 2.05) is 18.2 Å². The van der Waals surface area contributed by atoms with Crippen molar-refractivity contribution in [3.8, 4) is 0 Å². The quantitative estimate of drug-likeness (QED) is 0.663. The Morgan fingerprint density at radius 2 is 1.62 bits per heavy atom. The summed E-state index contributed by atoms with van der Waals surface area (Å²) in [6, 6.07) is 16.2. The van der Waals surface area contributed by atoms with E-state index in [2.05, 4.69) is 22.2 Å². The number of carbonyl (C=O) groups excluding carboxylic acids is 1. The second-order valence-corrected chi connectivity index (χ2v) is 9.75. The van der Waals surface area contributed by atoms with Crippen LogP contribution < -0.4 is 10.0 Å². The molecule has 3 rings (SSSR count). The highest BCUT2D eigenvalue weighted by Crippen LogP contribution is 2.29. The summed E-state index contributed by atoms with van der Waals surface area (Å²) in [5.74, 6) is 0.390. The minimum atomic E-state index is -3.53. The first kappa shape index (κ1) is 21.8. The first-order chi connectivity index (χ1) is 13.9. The number of carbonyl (C=O) groups is 1. The van der Waals surface area contributed by atoms with E-state index in [9.17, 15) is 13.2 Å². The number of halogens is 1. The second kappa shape index (κ2) is 10.2. The van der Waals surface area contributed by atoms with E-state index < -0.39 is 10.0 Å². The van der Waals surface area contributed by atoms with Gasteiger partial charge in [0.15, 0.2) is 0 Å². The number of nitrogens with one attached hydrogen (secondary N) is 2. The summed E-state index contributed by atoms with van der Waals surface area (Å²) in [6.07, 6.45) is 4.11. The van der Waals surface area contributed by atoms with Gasteiger partial charge in [-0.05, 0) is 67.9 Å². The van der Waals surface area contributed by atoms with Gasteiger partial charge in [-0.3, -0.25) is 4.79 Å². The van der Waals surface area contributed by atoms with Crippen LogP contribution >= 0.6 is 11.6 Å². The van der Waals surface area contributed by atoms with Crippen LogP contribution in [-0.2, 0) is 21.2 Å². The number of amides is 1. The summed E-state index contributed by atoms with van der Waals surface area (Å²) < 4.78 is 27.4. The fourth-order valence-corrected chi connectivity index (χ4v) is 4.91. The van der Waals surface area contributed by atoms with Gasteiger partial charge in [0, 0.05) is 24.0 Å². The predicted molar refractivity (Wildman–Crippen MR) is 115 cm³/mol. The molecule has 2 aromatic carbocycles. The van der Waals surface area contributed by atoms with Crippen LogP contribution in [0.2, 0.25) is 5.02 Å². The molecule has 0 heterocycles. The Bertz CT molecular complexity index is 893. The lowest BCUT2D eigenvalue weighted by Gasteiger charge is -2.27. The van der Waals surface area contributed by atoms with Crippen molar-refractivity contribution in [1.29, 1.82) is 0 Å². The smallest absolute Gasteiger partial charge is 0.240 e. The first-order valence-corrected chi connectivity index (χ1v) is 11.9. The third kappa shape index (κ3) is 6.56. The van der Waals surface area contributed by atoms with Gasteiger partial charge in [0.05, 0.1) is 4.90 Å². The van der Waals surface area contributed by atoms with Gasteiger partial charge in [-0.15, -0.1) is 0 Å². The largest absolute Gasteiger partial charge is 0.356 e. The van der Waals surface area contributed by atoms with E-state index in [1.54, 1.807) is 12.1 Å². The maximum atomic E-state index is 12.4. The normalized spacial score (nSPS) is 19.6.